The van der Waals surface area contributed by atoms with Crippen molar-refractivity contribution >= 4 is 24.4 Å². The van der Waals surface area contributed by atoms with Gasteiger partial charge in [0.2, 0.25) is 0 Å². The van der Waals surface area contributed by atoms with E-state index in [9.17, 15) is 19.2 Å². The molecular weight excluding hydrogens is 466 g/mol. The van der Waals surface area contributed by atoms with Crippen molar-refractivity contribution < 1.29 is 52.3 Å². The van der Waals surface area contributed by atoms with Gasteiger partial charge in [-0.25, -0.2) is 14.4 Å². The number of rotatable bonds is 9. The highest BCUT2D eigenvalue weighted by molar-refractivity contribution is 5.76. The van der Waals surface area contributed by atoms with E-state index >= 15 is 0 Å². The summed E-state index contributed by atoms with van der Waals surface area (Å²) in [6.45, 7) is 1.26. The maximum absolute atomic E-state index is 12.3. The van der Waals surface area contributed by atoms with Gasteiger partial charge in [-0.3, -0.25) is 4.79 Å². The zero-order chi connectivity index (χ0) is 25.8. The van der Waals surface area contributed by atoms with E-state index in [4.69, 9.17) is 29.4 Å². The molecule has 0 bridgehead atoms. The summed E-state index contributed by atoms with van der Waals surface area (Å²) in [7, 11) is 2.21. The molecule has 12 nitrogen and oxygen atoms in total. The molecule has 12 heteroatoms. The molecule has 0 saturated heterocycles. The Kier molecular flexibility index (Phi) is 10.3. The van der Waals surface area contributed by atoms with Crippen molar-refractivity contribution in [3.8, 4) is 17.2 Å². The first-order valence-electron chi connectivity index (χ1n) is 10.2. The topological polar surface area (TPSA) is 159 Å². The molecule has 0 aliphatic rings. The molecule has 2 rings (SSSR count). The van der Waals surface area contributed by atoms with E-state index in [0.717, 1.165) is 14.2 Å². The van der Waals surface area contributed by atoms with Crippen LogP contribution in [0.5, 0.6) is 17.2 Å². The van der Waals surface area contributed by atoms with E-state index in [-0.39, 0.29) is 24.5 Å². The Morgan fingerprint density at radius 3 is 2.09 bits per heavy atom. The van der Waals surface area contributed by atoms with Gasteiger partial charge in [-0.05, 0) is 43.2 Å². The number of hydrogen-bond donors (Lipinski definition) is 1. The number of nitrogens with two attached hydrogens (primary N) is 1. The number of hydrogen-bond acceptors (Lipinski definition) is 12. The molecule has 0 heterocycles. The van der Waals surface area contributed by atoms with Crippen LogP contribution >= 0.6 is 0 Å². The summed E-state index contributed by atoms with van der Waals surface area (Å²) < 4.78 is 33.9. The molecule has 0 radical (unpaired) electrons. The third-order valence-electron chi connectivity index (χ3n) is 4.19. The summed E-state index contributed by atoms with van der Waals surface area (Å²) in [5, 5.41) is 0. The molecule has 0 aromatic heterocycles. The maximum Gasteiger partial charge on any atom is 0.514 e. The molecule has 0 aliphatic heterocycles. The minimum atomic E-state index is -1.10. The summed E-state index contributed by atoms with van der Waals surface area (Å²) in [5.41, 5.74) is 6.37. The second-order valence-corrected chi connectivity index (χ2v) is 6.93. The molecule has 2 N–H and O–H groups in total. The molecule has 0 fully saturated rings. The fourth-order valence-electron chi connectivity index (χ4n) is 2.56. The van der Waals surface area contributed by atoms with E-state index in [1.54, 1.807) is 30.3 Å². The average Bonchev–Trinajstić information content (AvgIpc) is 2.84. The van der Waals surface area contributed by atoms with Gasteiger partial charge in [0.15, 0.2) is 11.5 Å². The lowest BCUT2D eigenvalue weighted by Gasteiger charge is -2.16. The Bertz CT molecular complexity index is 1030. The fourth-order valence-corrected chi connectivity index (χ4v) is 2.56. The monoisotopic (exact) mass is 491 g/mol. The number of methoxy groups -OCH3 is 2. The van der Waals surface area contributed by atoms with Gasteiger partial charge in [0.25, 0.3) is 0 Å². The van der Waals surface area contributed by atoms with Crippen LogP contribution in [0.3, 0.4) is 0 Å². The van der Waals surface area contributed by atoms with Gasteiger partial charge in [0.1, 0.15) is 24.5 Å². The van der Waals surface area contributed by atoms with Gasteiger partial charge in [0.05, 0.1) is 14.2 Å². The third kappa shape index (κ3) is 9.21. The standard InChI is InChI=1S/C23H25NO11/c1-14(32-23(28)33-16-7-5-4-6-8-16)13-31-20(25)17(24)11-15-9-10-18(34-21(26)29-2)19(12-15)35-22(27)30-3/h4-10,12,14,17H,11,13,24H2,1-3H3/t14-,17-/m0/s1. The smallest absolute Gasteiger partial charge is 0.461 e. The lowest BCUT2D eigenvalue weighted by molar-refractivity contribution is -0.148. The Morgan fingerprint density at radius 1 is 0.829 bits per heavy atom. The van der Waals surface area contributed by atoms with Crippen molar-refractivity contribution in [1.29, 1.82) is 0 Å². The van der Waals surface area contributed by atoms with Crippen LogP contribution in [0.4, 0.5) is 14.4 Å². The lowest BCUT2D eigenvalue weighted by Crippen LogP contribution is -2.36. The van der Waals surface area contributed by atoms with Crippen molar-refractivity contribution in [1.82, 2.24) is 0 Å². The second-order valence-electron chi connectivity index (χ2n) is 6.93. The van der Waals surface area contributed by atoms with Crippen molar-refractivity contribution in [3.63, 3.8) is 0 Å². The van der Waals surface area contributed by atoms with E-state index in [2.05, 4.69) is 9.47 Å². The number of carbonyl (C=O) groups excluding carboxylic acids is 4. The number of ether oxygens (including phenoxy) is 7. The first-order chi connectivity index (χ1) is 16.7. The summed E-state index contributed by atoms with van der Waals surface area (Å²) in [4.78, 5) is 47.0. The molecule has 2 aromatic rings. The highest BCUT2D eigenvalue weighted by Crippen LogP contribution is 2.29. The van der Waals surface area contributed by atoms with Crippen LogP contribution in [-0.4, -0.2) is 57.4 Å². The van der Waals surface area contributed by atoms with Crippen LogP contribution in [0.25, 0.3) is 0 Å². The summed E-state index contributed by atoms with van der Waals surface area (Å²) in [5.74, 6) is -0.723. The normalized spacial score (nSPS) is 11.9. The molecule has 35 heavy (non-hydrogen) atoms. The van der Waals surface area contributed by atoms with Gasteiger partial charge in [-0.2, -0.15) is 0 Å². The van der Waals surface area contributed by atoms with E-state index in [1.165, 1.54) is 25.1 Å². The first kappa shape index (κ1) is 26.9. The van der Waals surface area contributed by atoms with Gasteiger partial charge in [-0.15, -0.1) is 0 Å². The van der Waals surface area contributed by atoms with Gasteiger partial charge >= 0.3 is 24.4 Å². The van der Waals surface area contributed by atoms with Crippen LogP contribution in [0.15, 0.2) is 48.5 Å². The molecular formula is C23H25NO11. The van der Waals surface area contributed by atoms with Gasteiger partial charge in [0, 0.05) is 0 Å². The molecule has 2 atom stereocenters. The Morgan fingerprint density at radius 2 is 1.46 bits per heavy atom. The van der Waals surface area contributed by atoms with Crippen LogP contribution in [-0.2, 0) is 30.2 Å². The van der Waals surface area contributed by atoms with Crippen molar-refractivity contribution in [2.75, 3.05) is 20.8 Å². The van der Waals surface area contributed by atoms with Gasteiger partial charge in [-0.1, -0.05) is 24.3 Å². The Balaban J connectivity index is 1.90. The van der Waals surface area contributed by atoms with Crippen LogP contribution in [0, 0.1) is 0 Å². The molecule has 0 aliphatic carbocycles. The number of esters is 1. The SMILES string of the molecule is COC(=O)Oc1ccc(C[C@H](N)C(=O)OC[C@H](C)OC(=O)Oc2ccccc2)cc1OC(=O)OC. The van der Waals surface area contributed by atoms with Crippen LogP contribution in [0.2, 0.25) is 0 Å². The van der Waals surface area contributed by atoms with E-state index < -0.39 is 36.6 Å². The molecule has 0 amide bonds. The fraction of sp³-hybridized carbons (Fsp3) is 0.304. The van der Waals surface area contributed by atoms with Gasteiger partial charge < -0.3 is 38.9 Å². The van der Waals surface area contributed by atoms with Crippen molar-refractivity contribution in [2.24, 2.45) is 5.73 Å². The largest absolute Gasteiger partial charge is 0.514 e. The average molecular weight is 491 g/mol. The van der Waals surface area contributed by atoms with Crippen LogP contribution < -0.4 is 19.9 Å². The first-order valence-corrected chi connectivity index (χ1v) is 10.2. The Labute approximate surface area is 200 Å². The molecule has 0 saturated carbocycles. The minimum Gasteiger partial charge on any atom is -0.461 e. The molecule has 0 unspecified atom stereocenters. The van der Waals surface area contributed by atoms with E-state index in [0.29, 0.717) is 11.3 Å². The zero-order valence-electron chi connectivity index (χ0n) is 19.3. The lowest BCUT2D eigenvalue weighted by atomic mass is 10.1. The Hall–Kier alpha value is -4.32. The van der Waals surface area contributed by atoms with Crippen LogP contribution in [0.1, 0.15) is 12.5 Å². The summed E-state index contributed by atoms with van der Waals surface area (Å²) >= 11 is 0. The van der Waals surface area contributed by atoms with Crippen molar-refractivity contribution in [2.45, 2.75) is 25.5 Å². The summed E-state index contributed by atoms with van der Waals surface area (Å²) in [6, 6.07) is 11.4. The highest BCUT2D eigenvalue weighted by atomic mass is 16.7. The van der Waals surface area contributed by atoms with Crippen molar-refractivity contribution in [3.05, 3.63) is 54.1 Å². The zero-order valence-corrected chi connectivity index (χ0v) is 19.3. The van der Waals surface area contributed by atoms with E-state index in [1.807, 2.05) is 0 Å². The summed E-state index contributed by atoms with van der Waals surface area (Å²) in [6.07, 6.45) is -3.84. The third-order valence-corrected chi connectivity index (χ3v) is 4.19. The number of para-hydroxylation sites is 1. The predicted molar refractivity (Wildman–Crippen MR) is 118 cm³/mol. The predicted octanol–water partition coefficient (Wildman–Crippen LogP) is 2.99. The molecule has 0 spiro atoms. The molecule has 188 valence electrons. The number of benzene rings is 2. The minimum absolute atomic E-state index is 0.0137. The quantitative estimate of drug-likeness (QED) is 0.311. The highest BCUT2D eigenvalue weighted by Gasteiger charge is 2.21. The second kappa shape index (κ2) is 13.4. The maximum atomic E-state index is 12.3. The molecule has 2 aromatic carbocycles. The number of carbonyl (C=O) groups is 4.